The lowest BCUT2D eigenvalue weighted by molar-refractivity contribution is -0.135. The van der Waals surface area contributed by atoms with Crippen molar-refractivity contribution < 1.29 is 14.1 Å². The summed E-state index contributed by atoms with van der Waals surface area (Å²) in [4.78, 5) is 32.7. The van der Waals surface area contributed by atoms with Gasteiger partial charge in [-0.3, -0.25) is 14.9 Å². The lowest BCUT2D eigenvalue weighted by atomic mass is 9.88. The summed E-state index contributed by atoms with van der Waals surface area (Å²) in [7, 11) is 3.69. The predicted molar refractivity (Wildman–Crippen MR) is 82.8 cm³/mol. The first-order chi connectivity index (χ1) is 10.9. The Bertz CT molecular complexity index is 656. The van der Waals surface area contributed by atoms with Crippen LogP contribution in [-0.4, -0.2) is 65.5 Å². The second-order valence-electron chi connectivity index (χ2n) is 6.31. The number of carbonyl (C=O) groups is 2. The Balaban J connectivity index is 1.62. The van der Waals surface area contributed by atoms with Gasteiger partial charge in [-0.05, 0) is 19.8 Å². The standard InChI is InChI=1S/C15H21N5O3/c1-10-8-11(23-18-10)9-12(21)20-6-4-15(5-7-20)13(22)16-14(17-15)19(2)3/h8H,4-7,9H2,1-3H3,(H,16,17,22). The van der Waals surface area contributed by atoms with Crippen LogP contribution in [-0.2, 0) is 16.0 Å². The van der Waals surface area contributed by atoms with Crippen molar-refractivity contribution in [3.8, 4) is 0 Å². The highest BCUT2D eigenvalue weighted by molar-refractivity contribution is 6.07. The lowest BCUT2D eigenvalue weighted by Gasteiger charge is -2.35. The Morgan fingerprint density at radius 1 is 1.43 bits per heavy atom. The van der Waals surface area contributed by atoms with Crippen LogP contribution in [0.1, 0.15) is 24.3 Å². The van der Waals surface area contributed by atoms with E-state index in [4.69, 9.17) is 4.52 Å². The molecule has 0 unspecified atom stereocenters. The topological polar surface area (TPSA) is 91.0 Å². The number of aliphatic imine (C=N–C) groups is 1. The molecule has 8 heteroatoms. The SMILES string of the molecule is Cc1cc(CC(=O)N2CCC3(CC2)N=C(N(C)C)NC3=O)on1. The molecule has 0 aliphatic carbocycles. The quantitative estimate of drug-likeness (QED) is 0.824. The minimum atomic E-state index is -0.723. The number of aromatic nitrogens is 1. The number of hydrogen-bond donors (Lipinski definition) is 1. The van der Waals surface area contributed by atoms with Crippen molar-refractivity contribution in [2.24, 2.45) is 4.99 Å². The molecule has 0 aromatic carbocycles. The molecule has 8 nitrogen and oxygen atoms in total. The molecule has 3 rings (SSSR count). The van der Waals surface area contributed by atoms with Gasteiger partial charge in [0.15, 0.2) is 0 Å². The number of aryl methyl sites for hydroxylation is 1. The highest BCUT2D eigenvalue weighted by Gasteiger charge is 2.46. The number of rotatable bonds is 2. The van der Waals surface area contributed by atoms with Crippen LogP contribution < -0.4 is 5.32 Å². The molecule has 3 heterocycles. The van der Waals surface area contributed by atoms with Crippen LogP contribution in [0, 0.1) is 6.92 Å². The maximum absolute atomic E-state index is 12.3. The maximum atomic E-state index is 12.3. The van der Waals surface area contributed by atoms with E-state index in [1.165, 1.54) is 0 Å². The molecule has 1 fully saturated rings. The van der Waals surface area contributed by atoms with Crippen LogP contribution in [0.3, 0.4) is 0 Å². The maximum Gasteiger partial charge on any atom is 0.254 e. The molecule has 23 heavy (non-hydrogen) atoms. The van der Waals surface area contributed by atoms with E-state index in [-0.39, 0.29) is 18.2 Å². The molecule has 2 amide bonds. The van der Waals surface area contributed by atoms with Crippen molar-refractivity contribution in [3.05, 3.63) is 17.5 Å². The number of piperidine rings is 1. The molecule has 0 saturated carbocycles. The number of likely N-dealkylation sites (tertiary alicyclic amines) is 1. The molecular formula is C15H21N5O3. The van der Waals surface area contributed by atoms with Crippen LogP contribution >= 0.6 is 0 Å². The summed E-state index contributed by atoms with van der Waals surface area (Å²) in [6, 6.07) is 1.77. The van der Waals surface area contributed by atoms with Crippen molar-refractivity contribution in [1.29, 1.82) is 0 Å². The van der Waals surface area contributed by atoms with Crippen molar-refractivity contribution >= 4 is 17.8 Å². The summed E-state index contributed by atoms with van der Waals surface area (Å²) in [6.07, 6.45) is 1.28. The fourth-order valence-corrected chi connectivity index (χ4v) is 2.94. The zero-order valence-electron chi connectivity index (χ0n) is 13.6. The van der Waals surface area contributed by atoms with E-state index < -0.39 is 5.54 Å². The summed E-state index contributed by atoms with van der Waals surface area (Å²) in [5.41, 5.74) is 0.0396. The first-order valence-electron chi connectivity index (χ1n) is 7.68. The zero-order valence-corrected chi connectivity index (χ0v) is 13.6. The van der Waals surface area contributed by atoms with E-state index in [0.29, 0.717) is 37.7 Å². The molecule has 0 radical (unpaired) electrons. The van der Waals surface area contributed by atoms with E-state index in [1.807, 2.05) is 21.0 Å². The van der Waals surface area contributed by atoms with Gasteiger partial charge in [-0.1, -0.05) is 5.16 Å². The van der Waals surface area contributed by atoms with Crippen LogP contribution in [0.4, 0.5) is 0 Å². The Morgan fingerprint density at radius 3 is 2.65 bits per heavy atom. The Morgan fingerprint density at radius 2 is 2.13 bits per heavy atom. The summed E-state index contributed by atoms with van der Waals surface area (Å²) in [5, 5.41) is 6.60. The molecule has 1 spiro atoms. The van der Waals surface area contributed by atoms with Crippen molar-refractivity contribution in [1.82, 2.24) is 20.3 Å². The smallest absolute Gasteiger partial charge is 0.254 e. The number of guanidine groups is 1. The largest absolute Gasteiger partial charge is 0.361 e. The first-order valence-corrected chi connectivity index (χ1v) is 7.68. The van der Waals surface area contributed by atoms with Gasteiger partial charge >= 0.3 is 0 Å². The highest BCUT2D eigenvalue weighted by atomic mass is 16.5. The highest BCUT2D eigenvalue weighted by Crippen LogP contribution is 2.30. The third kappa shape index (κ3) is 2.93. The molecule has 1 aromatic rings. The fraction of sp³-hybridized carbons (Fsp3) is 0.600. The van der Waals surface area contributed by atoms with E-state index >= 15 is 0 Å². The van der Waals surface area contributed by atoms with Gasteiger partial charge in [0.1, 0.15) is 11.3 Å². The Hall–Kier alpha value is -2.38. The molecule has 0 atom stereocenters. The van der Waals surface area contributed by atoms with Gasteiger partial charge in [0.25, 0.3) is 5.91 Å². The molecule has 2 aliphatic rings. The minimum Gasteiger partial charge on any atom is -0.361 e. The average molecular weight is 319 g/mol. The fourth-order valence-electron chi connectivity index (χ4n) is 2.94. The lowest BCUT2D eigenvalue weighted by Crippen LogP contribution is -2.51. The second kappa shape index (κ2) is 5.68. The molecule has 1 N–H and O–H groups in total. The normalized spacial score (nSPS) is 19.7. The van der Waals surface area contributed by atoms with Gasteiger partial charge in [-0.2, -0.15) is 0 Å². The van der Waals surface area contributed by atoms with Crippen molar-refractivity contribution in [2.75, 3.05) is 27.2 Å². The second-order valence-corrected chi connectivity index (χ2v) is 6.31. The average Bonchev–Trinajstić information content (AvgIpc) is 3.05. The minimum absolute atomic E-state index is 0.00813. The van der Waals surface area contributed by atoms with Gasteiger partial charge in [0.2, 0.25) is 11.9 Å². The van der Waals surface area contributed by atoms with Crippen molar-refractivity contribution in [2.45, 2.75) is 31.7 Å². The van der Waals surface area contributed by atoms with Crippen molar-refractivity contribution in [3.63, 3.8) is 0 Å². The summed E-state index contributed by atoms with van der Waals surface area (Å²) < 4.78 is 5.09. The van der Waals surface area contributed by atoms with Gasteiger partial charge in [0, 0.05) is 33.3 Å². The Kier molecular flexibility index (Phi) is 3.83. The number of amides is 2. The van der Waals surface area contributed by atoms with E-state index in [2.05, 4.69) is 15.5 Å². The van der Waals surface area contributed by atoms with Gasteiger partial charge in [-0.15, -0.1) is 0 Å². The zero-order chi connectivity index (χ0) is 16.6. The number of carbonyl (C=O) groups excluding carboxylic acids is 2. The van der Waals surface area contributed by atoms with E-state index in [1.54, 1.807) is 15.9 Å². The van der Waals surface area contributed by atoms with Crippen LogP contribution in [0.25, 0.3) is 0 Å². The summed E-state index contributed by atoms with van der Waals surface area (Å²) >= 11 is 0. The summed E-state index contributed by atoms with van der Waals surface area (Å²) in [6.45, 7) is 2.86. The molecule has 1 saturated heterocycles. The molecular weight excluding hydrogens is 298 g/mol. The van der Waals surface area contributed by atoms with Gasteiger partial charge < -0.3 is 14.3 Å². The molecule has 0 bridgehead atoms. The predicted octanol–water partition coefficient (Wildman–Crippen LogP) is -0.0659. The number of nitrogens with one attached hydrogen (secondary N) is 1. The number of nitrogens with zero attached hydrogens (tertiary/aromatic N) is 4. The monoisotopic (exact) mass is 319 g/mol. The van der Waals surface area contributed by atoms with Gasteiger partial charge in [-0.25, -0.2) is 4.99 Å². The third-order valence-corrected chi connectivity index (χ3v) is 4.34. The van der Waals surface area contributed by atoms with Gasteiger partial charge in [0.05, 0.1) is 12.1 Å². The van der Waals surface area contributed by atoms with Crippen LogP contribution in [0.2, 0.25) is 0 Å². The Labute approximate surface area is 134 Å². The molecule has 1 aromatic heterocycles. The third-order valence-electron chi connectivity index (χ3n) is 4.34. The molecule has 2 aliphatic heterocycles. The van der Waals surface area contributed by atoms with Crippen LogP contribution in [0.15, 0.2) is 15.6 Å². The summed E-state index contributed by atoms with van der Waals surface area (Å²) in [5.74, 6) is 1.08. The molecule has 124 valence electrons. The van der Waals surface area contributed by atoms with E-state index in [0.717, 1.165) is 5.69 Å². The number of hydrogen-bond acceptors (Lipinski definition) is 6. The van der Waals surface area contributed by atoms with E-state index in [9.17, 15) is 9.59 Å². The first kappa shape index (κ1) is 15.5. The van der Waals surface area contributed by atoms with Crippen LogP contribution in [0.5, 0.6) is 0 Å².